The Balaban J connectivity index is 2.07. The first-order chi connectivity index (χ1) is 13.2. The molecule has 0 saturated carbocycles. The summed E-state index contributed by atoms with van der Waals surface area (Å²) in [6, 6.07) is 9.41. The van der Waals surface area contributed by atoms with Crippen molar-refractivity contribution < 1.29 is 22.7 Å². The number of hydrogen-bond donors (Lipinski definition) is 1. The Morgan fingerprint density at radius 2 is 1.82 bits per heavy atom. The minimum absolute atomic E-state index is 0.154. The van der Waals surface area contributed by atoms with Crippen molar-refractivity contribution in [1.82, 2.24) is 4.57 Å². The van der Waals surface area contributed by atoms with Crippen molar-refractivity contribution in [2.45, 2.75) is 19.6 Å². The van der Waals surface area contributed by atoms with Crippen LogP contribution in [0.25, 0.3) is 10.9 Å². The van der Waals surface area contributed by atoms with E-state index in [1.165, 1.54) is 19.4 Å². The fourth-order valence-corrected chi connectivity index (χ4v) is 2.87. The fourth-order valence-electron chi connectivity index (χ4n) is 2.87. The zero-order chi connectivity index (χ0) is 20.5. The molecule has 1 N–H and O–H groups in total. The molecule has 0 aliphatic heterocycles. The molecule has 1 amide bonds. The average Bonchev–Trinajstić information content (AvgIpc) is 2.68. The summed E-state index contributed by atoms with van der Waals surface area (Å²) in [5.74, 6) is -0.103. The molecular formula is C20H17F3N2O3. The van der Waals surface area contributed by atoms with Crippen molar-refractivity contribution >= 4 is 22.5 Å². The standard InChI is InChI=1S/C20H17F3N2O3/c1-3-25-11-16(19(27)24-13-5-7-14(28-2)8-6-13)18(26)15-10-12(20(21,22)23)4-9-17(15)25/h4-11H,3H2,1-2H3,(H,24,27). The van der Waals surface area contributed by atoms with Crippen LogP contribution < -0.4 is 15.5 Å². The van der Waals surface area contributed by atoms with Crippen molar-refractivity contribution in [3.8, 4) is 5.75 Å². The summed E-state index contributed by atoms with van der Waals surface area (Å²) >= 11 is 0. The molecule has 3 aromatic rings. The number of nitrogens with zero attached hydrogens (tertiary/aromatic N) is 1. The van der Waals surface area contributed by atoms with E-state index in [0.717, 1.165) is 12.1 Å². The second-order valence-electron chi connectivity index (χ2n) is 6.07. The molecule has 5 nitrogen and oxygen atoms in total. The molecule has 0 atom stereocenters. The van der Waals surface area contributed by atoms with Gasteiger partial charge < -0.3 is 14.6 Å². The summed E-state index contributed by atoms with van der Waals surface area (Å²) < 4.78 is 45.7. The van der Waals surface area contributed by atoms with E-state index in [9.17, 15) is 22.8 Å². The molecule has 0 unspecified atom stereocenters. The molecule has 0 bridgehead atoms. The highest BCUT2D eigenvalue weighted by Crippen LogP contribution is 2.31. The van der Waals surface area contributed by atoms with Crippen LogP contribution >= 0.6 is 0 Å². The van der Waals surface area contributed by atoms with E-state index in [0.29, 0.717) is 23.5 Å². The van der Waals surface area contributed by atoms with Crippen LogP contribution in [0.5, 0.6) is 5.75 Å². The van der Waals surface area contributed by atoms with Crippen LogP contribution in [0.2, 0.25) is 0 Å². The smallest absolute Gasteiger partial charge is 0.416 e. The summed E-state index contributed by atoms with van der Waals surface area (Å²) in [5.41, 5.74) is -1.16. The Morgan fingerprint density at radius 3 is 2.39 bits per heavy atom. The van der Waals surface area contributed by atoms with Gasteiger partial charge in [-0.05, 0) is 49.4 Å². The van der Waals surface area contributed by atoms with Crippen LogP contribution in [0.15, 0.2) is 53.5 Å². The molecule has 1 aromatic heterocycles. The number of benzene rings is 2. The van der Waals surface area contributed by atoms with Gasteiger partial charge >= 0.3 is 6.18 Å². The van der Waals surface area contributed by atoms with Crippen LogP contribution in [0.1, 0.15) is 22.8 Å². The Morgan fingerprint density at radius 1 is 1.14 bits per heavy atom. The molecule has 0 aliphatic carbocycles. The predicted molar refractivity (Wildman–Crippen MR) is 99.8 cm³/mol. The molecule has 146 valence electrons. The van der Waals surface area contributed by atoms with E-state index >= 15 is 0 Å². The third kappa shape index (κ3) is 3.71. The van der Waals surface area contributed by atoms with E-state index in [-0.39, 0.29) is 10.9 Å². The number of hydrogen-bond acceptors (Lipinski definition) is 3. The Bertz CT molecular complexity index is 1090. The maximum Gasteiger partial charge on any atom is 0.416 e. The van der Waals surface area contributed by atoms with Gasteiger partial charge in [0, 0.05) is 23.8 Å². The summed E-state index contributed by atoms with van der Waals surface area (Å²) in [4.78, 5) is 25.4. The summed E-state index contributed by atoms with van der Waals surface area (Å²) in [5, 5.41) is 2.43. The molecule has 0 saturated heterocycles. The first kappa shape index (κ1) is 19.5. The van der Waals surface area contributed by atoms with E-state index in [2.05, 4.69) is 5.32 Å². The van der Waals surface area contributed by atoms with Crippen LogP contribution in [-0.2, 0) is 12.7 Å². The number of pyridine rings is 1. The van der Waals surface area contributed by atoms with Gasteiger partial charge in [-0.25, -0.2) is 0 Å². The SMILES string of the molecule is CCn1cc(C(=O)Nc2ccc(OC)cc2)c(=O)c2cc(C(F)(F)F)ccc21. The maximum atomic E-state index is 13.0. The molecule has 0 fully saturated rings. The molecule has 0 aliphatic rings. The summed E-state index contributed by atoms with van der Waals surface area (Å²) in [7, 11) is 1.51. The van der Waals surface area contributed by atoms with Gasteiger partial charge in [-0.3, -0.25) is 9.59 Å². The zero-order valence-corrected chi connectivity index (χ0v) is 15.1. The number of amides is 1. The van der Waals surface area contributed by atoms with Crippen LogP contribution in [0.3, 0.4) is 0 Å². The number of rotatable bonds is 4. The number of ether oxygens (including phenoxy) is 1. The van der Waals surface area contributed by atoms with E-state index < -0.39 is 23.1 Å². The largest absolute Gasteiger partial charge is 0.497 e. The van der Waals surface area contributed by atoms with Gasteiger partial charge in [-0.2, -0.15) is 13.2 Å². The van der Waals surface area contributed by atoms with Crippen molar-refractivity contribution in [3.63, 3.8) is 0 Å². The third-order valence-electron chi connectivity index (χ3n) is 4.34. The molecule has 0 spiro atoms. The molecule has 3 rings (SSSR count). The number of anilines is 1. The number of aryl methyl sites for hydroxylation is 1. The molecule has 2 aromatic carbocycles. The van der Waals surface area contributed by atoms with Crippen molar-refractivity contribution in [2.24, 2.45) is 0 Å². The highest BCUT2D eigenvalue weighted by molar-refractivity contribution is 6.05. The first-order valence-electron chi connectivity index (χ1n) is 8.44. The maximum absolute atomic E-state index is 13.0. The second-order valence-corrected chi connectivity index (χ2v) is 6.07. The van der Waals surface area contributed by atoms with Gasteiger partial charge in [0.25, 0.3) is 5.91 Å². The minimum Gasteiger partial charge on any atom is -0.497 e. The Kier molecular flexibility index (Phi) is 5.13. The lowest BCUT2D eigenvalue weighted by molar-refractivity contribution is -0.137. The molecular weight excluding hydrogens is 373 g/mol. The number of methoxy groups -OCH3 is 1. The molecule has 1 heterocycles. The van der Waals surface area contributed by atoms with E-state index in [1.807, 2.05) is 0 Å². The van der Waals surface area contributed by atoms with Crippen molar-refractivity contribution in [1.29, 1.82) is 0 Å². The fraction of sp³-hybridized carbons (Fsp3) is 0.200. The number of carbonyl (C=O) groups is 1. The number of fused-ring (bicyclic) bond motifs is 1. The Labute approximate surface area is 158 Å². The second kappa shape index (κ2) is 7.38. The number of carbonyl (C=O) groups excluding carboxylic acids is 1. The minimum atomic E-state index is -4.58. The highest BCUT2D eigenvalue weighted by Gasteiger charge is 2.31. The van der Waals surface area contributed by atoms with Gasteiger partial charge in [0.2, 0.25) is 5.43 Å². The summed E-state index contributed by atoms with van der Waals surface area (Å²) in [6.07, 6.45) is -3.23. The molecule has 28 heavy (non-hydrogen) atoms. The Hall–Kier alpha value is -3.29. The van der Waals surface area contributed by atoms with Gasteiger partial charge in [0.15, 0.2) is 0 Å². The average molecular weight is 390 g/mol. The highest BCUT2D eigenvalue weighted by atomic mass is 19.4. The zero-order valence-electron chi connectivity index (χ0n) is 15.1. The normalized spacial score (nSPS) is 11.5. The topological polar surface area (TPSA) is 60.3 Å². The lowest BCUT2D eigenvalue weighted by atomic mass is 10.1. The van der Waals surface area contributed by atoms with E-state index in [4.69, 9.17) is 4.74 Å². The molecule has 0 radical (unpaired) electrons. The lowest BCUT2D eigenvalue weighted by Crippen LogP contribution is -2.24. The number of aromatic nitrogens is 1. The lowest BCUT2D eigenvalue weighted by Gasteiger charge is -2.14. The van der Waals surface area contributed by atoms with Gasteiger partial charge in [-0.1, -0.05) is 0 Å². The number of nitrogens with one attached hydrogen (secondary N) is 1. The molecule has 8 heteroatoms. The predicted octanol–water partition coefficient (Wildman–Crippen LogP) is 4.30. The van der Waals surface area contributed by atoms with Crippen LogP contribution in [-0.4, -0.2) is 17.6 Å². The van der Waals surface area contributed by atoms with Crippen LogP contribution in [0.4, 0.5) is 18.9 Å². The van der Waals surface area contributed by atoms with Gasteiger partial charge in [-0.15, -0.1) is 0 Å². The van der Waals surface area contributed by atoms with Crippen LogP contribution in [0, 0.1) is 0 Å². The third-order valence-corrected chi connectivity index (χ3v) is 4.34. The van der Waals surface area contributed by atoms with E-state index in [1.54, 1.807) is 35.8 Å². The quantitative estimate of drug-likeness (QED) is 0.723. The number of halogens is 3. The van der Waals surface area contributed by atoms with Crippen molar-refractivity contribution in [2.75, 3.05) is 12.4 Å². The summed E-state index contributed by atoms with van der Waals surface area (Å²) in [6.45, 7) is 2.15. The monoisotopic (exact) mass is 390 g/mol. The van der Waals surface area contributed by atoms with Crippen molar-refractivity contribution in [3.05, 3.63) is 70.0 Å². The number of alkyl halides is 3. The van der Waals surface area contributed by atoms with Gasteiger partial charge in [0.1, 0.15) is 11.3 Å². The first-order valence-corrected chi connectivity index (χ1v) is 8.44. The van der Waals surface area contributed by atoms with Gasteiger partial charge in [0.05, 0.1) is 18.2 Å².